The lowest BCUT2D eigenvalue weighted by molar-refractivity contribution is 1.08. The zero-order chi connectivity index (χ0) is 12.5. The van der Waals surface area contributed by atoms with E-state index in [1.807, 2.05) is 43.3 Å². The minimum atomic E-state index is 0.489. The summed E-state index contributed by atoms with van der Waals surface area (Å²) in [5.41, 5.74) is 10.5. The molecule has 3 rings (SSSR count). The summed E-state index contributed by atoms with van der Waals surface area (Å²) in [6.07, 6.45) is 0. The Hall–Kier alpha value is -2.20. The van der Waals surface area contributed by atoms with Crippen LogP contribution >= 0.6 is 0 Å². The van der Waals surface area contributed by atoms with E-state index in [1.54, 1.807) is 0 Å². The Bertz CT molecular complexity index is 700. The van der Waals surface area contributed by atoms with Gasteiger partial charge in [0.15, 0.2) is 5.82 Å². The van der Waals surface area contributed by atoms with Crippen LogP contribution in [0.5, 0.6) is 0 Å². The maximum Gasteiger partial charge on any atom is 0.157 e. The molecule has 0 aliphatic carbocycles. The van der Waals surface area contributed by atoms with Crippen LogP contribution in [0.4, 0.5) is 0 Å². The number of hydrogen-bond donors (Lipinski definition) is 2. The van der Waals surface area contributed by atoms with Crippen molar-refractivity contribution in [3.63, 3.8) is 0 Å². The number of pyridine rings is 1. The molecule has 0 bridgehead atoms. The van der Waals surface area contributed by atoms with E-state index in [0.717, 1.165) is 33.8 Å². The minimum absolute atomic E-state index is 0.489. The van der Waals surface area contributed by atoms with Crippen molar-refractivity contribution >= 4 is 11.0 Å². The number of para-hydroxylation sites is 1. The average Bonchev–Trinajstić information content (AvgIpc) is 2.82. The van der Waals surface area contributed by atoms with Gasteiger partial charge >= 0.3 is 0 Å². The second-order valence-electron chi connectivity index (χ2n) is 4.27. The summed E-state index contributed by atoms with van der Waals surface area (Å²) in [5, 5.41) is 0. The van der Waals surface area contributed by atoms with E-state index in [4.69, 9.17) is 5.73 Å². The van der Waals surface area contributed by atoms with Gasteiger partial charge in [-0.05, 0) is 30.7 Å². The maximum atomic E-state index is 5.72. The molecule has 0 aliphatic rings. The lowest BCUT2D eigenvalue weighted by atomic mass is 10.2. The number of aromatic amines is 1. The van der Waals surface area contributed by atoms with Gasteiger partial charge < -0.3 is 10.7 Å². The van der Waals surface area contributed by atoms with Crippen LogP contribution in [0.15, 0.2) is 36.4 Å². The number of aromatic nitrogens is 3. The van der Waals surface area contributed by atoms with Crippen LogP contribution in [0.25, 0.3) is 22.6 Å². The van der Waals surface area contributed by atoms with Gasteiger partial charge in [-0.1, -0.05) is 18.2 Å². The summed E-state index contributed by atoms with van der Waals surface area (Å²) in [6.45, 7) is 2.46. The fourth-order valence-electron chi connectivity index (χ4n) is 2.05. The summed E-state index contributed by atoms with van der Waals surface area (Å²) in [7, 11) is 0. The lowest BCUT2D eigenvalue weighted by Crippen LogP contribution is -1.96. The van der Waals surface area contributed by atoms with Gasteiger partial charge in [-0.2, -0.15) is 0 Å². The molecule has 0 spiro atoms. The third-order valence-electron chi connectivity index (χ3n) is 2.95. The zero-order valence-electron chi connectivity index (χ0n) is 10.1. The number of rotatable bonds is 2. The van der Waals surface area contributed by atoms with Gasteiger partial charge in [-0.15, -0.1) is 0 Å². The lowest BCUT2D eigenvalue weighted by Gasteiger charge is -1.96. The molecule has 0 unspecified atom stereocenters. The number of H-pyrrole nitrogens is 1. The molecule has 1 aromatic carbocycles. The highest BCUT2D eigenvalue weighted by Gasteiger charge is 2.08. The number of imidazole rings is 1. The molecule has 0 radical (unpaired) electrons. The van der Waals surface area contributed by atoms with Crippen molar-refractivity contribution in [3.05, 3.63) is 47.7 Å². The predicted molar refractivity (Wildman–Crippen MR) is 72.0 cm³/mol. The Labute approximate surface area is 105 Å². The highest BCUT2D eigenvalue weighted by Crippen LogP contribution is 2.21. The van der Waals surface area contributed by atoms with E-state index in [2.05, 4.69) is 15.0 Å². The van der Waals surface area contributed by atoms with Gasteiger partial charge in [0, 0.05) is 12.2 Å². The van der Waals surface area contributed by atoms with E-state index >= 15 is 0 Å². The number of nitrogens with two attached hydrogens (primary N) is 1. The highest BCUT2D eigenvalue weighted by atomic mass is 15.0. The Morgan fingerprint density at radius 3 is 2.72 bits per heavy atom. The van der Waals surface area contributed by atoms with Crippen LogP contribution in [-0.2, 0) is 6.54 Å². The Balaban J connectivity index is 2.19. The molecule has 0 aliphatic heterocycles. The number of fused-ring (bicyclic) bond motifs is 1. The molecule has 0 amide bonds. The molecule has 0 saturated heterocycles. The summed E-state index contributed by atoms with van der Waals surface area (Å²) >= 11 is 0. The molecule has 2 heterocycles. The van der Waals surface area contributed by atoms with Crippen LogP contribution in [0.3, 0.4) is 0 Å². The largest absolute Gasteiger partial charge is 0.337 e. The van der Waals surface area contributed by atoms with Gasteiger partial charge in [0.25, 0.3) is 0 Å². The van der Waals surface area contributed by atoms with E-state index in [-0.39, 0.29) is 0 Å². The number of benzene rings is 1. The van der Waals surface area contributed by atoms with Gasteiger partial charge in [-0.3, -0.25) is 0 Å². The summed E-state index contributed by atoms with van der Waals surface area (Å²) in [5.74, 6) is 0.787. The quantitative estimate of drug-likeness (QED) is 0.720. The van der Waals surface area contributed by atoms with Gasteiger partial charge in [0.1, 0.15) is 5.69 Å². The number of nitrogens with zero attached hydrogens (tertiary/aromatic N) is 2. The molecule has 4 nitrogen and oxygen atoms in total. The number of nitrogens with one attached hydrogen (secondary N) is 1. The molecule has 0 saturated carbocycles. The number of hydrogen-bond acceptors (Lipinski definition) is 3. The summed E-state index contributed by atoms with van der Waals surface area (Å²) in [4.78, 5) is 12.4. The second-order valence-corrected chi connectivity index (χ2v) is 4.27. The van der Waals surface area contributed by atoms with Crippen molar-refractivity contribution in [1.29, 1.82) is 0 Å². The van der Waals surface area contributed by atoms with Crippen molar-refractivity contribution in [3.8, 4) is 11.5 Å². The van der Waals surface area contributed by atoms with Gasteiger partial charge in [-0.25, -0.2) is 9.97 Å². The Morgan fingerprint density at radius 1 is 1.11 bits per heavy atom. The maximum absolute atomic E-state index is 5.72. The fraction of sp³-hybridized carbons (Fsp3) is 0.143. The molecule has 3 N–H and O–H groups in total. The average molecular weight is 238 g/mol. The normalized spacial score (nSPS) is 11.0. The van der Waals surface area contributed by atoms with Crippen molar-refractivity contribution in [2.45, 2.75) is 13.5 Å². The molecule has 4 heteroatoms. The Kier molecular flexibility index (Phi) is 2.57. The zero-order valence-corrected chi connectivity index (χ0v) is 10.1. The standard InChI is InChI=1S/C14H14N4/c1-9-4-2-7-12(16-9)14-17-11-6-3-5-10(8-15)13(11)18-14/h2-7H,8,15H2,1H3,(H,17,18). The SMILES string of the molecule is Cc1cccc(-c2nc3c(CN)cccc3[nH]2)n1. The van der Waals surface area contributed by atoms with Crippen LogP contribution < -0.4 is 5.73 Å². The fourth-order valence-corrected chi connectivity index (χ4v) is 2.05. The van der Waals surface area contributed by atoms with Crippen molar-refractivity contribution < 1.29 is 0 Å². The van der Waals surface area contributed by atoms with E-state index in [9.17, 15) is 0 Å². The third-order valence-corrected chi connectivity index (χ3v) is 2.95. The molecule has 0 atom stereocenters. The minimum Gasteiger partial charge on any atom is -0.337 e. The first-order valence-electron chi connectivity index (χ1n) is 5.89. The molecular formula is C14H14N4. The molecule has 2 aromatic heterocycles. The molecule has 3 aromatic rings. The predicted octanol–water partition coefficient (Wildman–Crippen LogP) is 2.39. The summed E-state index contributed by atoms with van der Waals surface area (Å²) in [6, 6.07) is 11.9. The third kappa shape index (κ3) is 1.76. The van der Waals surface area contributed by atoms with Crippen molar-refractivity contribution in [2.24, 2.45) is 5.73 Å². The van der Waals surface area contributed by atoms with Crippen molar-refractivity contribution in [2.75, 3.05) is 0 Å². The van der Waals surface area contributed by atoms with Gasteiger partial charge in [0.2, 0.25) is 0 Å². The smallest absolute Gasteiger partial charge is 0.157 e. The van der Waals surface area contributed by atoms with Crippen LogP contribution in [0.2, 0.25) is 0 Å². The number of aryl methyl sites for hydroxylation is 1. The first-order valence-corrected chi connectivity index (χ1v) is 5.89. The Morgan fingerprint density at radius 2 is 1.94 bits per heavy atom. The highest BCUT2D eigenvalue weighted by molar-refractivity contribution is 5.81. The topological polar surface area (TPSA) is 67.6 Å². The first-order chi connectivity index (χ1) is 8.78. The van der Waals surface area contributed by atoms with Gasteiger partial charge in [0.05, 0.1) is 11.0 Å². The molecule has 90 valence electrons. The molecular weight excluding hydrogens is 224 g/mol. The van der Waals surface area contributed by atoms with E-state index in [1.165, 1.54) is 0 Å². The van der Waals surface area contributed by atoms with Crippen LogP contribution in [-0.4, -0.2) is 15.0 Å². The second kappa shape index (κ2) is 4.23. The summed E-state index contributed by atoms with van der Waals surface area (Å²) < 4.78 is 0. The monoisotopic (exact) mass is 238 g/mol. The first kappa shape index (κ1) is 10.9. The van der Waals surface area contributed by atoms with E-state index in [0.29, 0.717) is 6.54 Å². The van der Waals surface area contributed by atoms with Crippen molar-refractivity contribution in [1.82, 2.24) is 15.0 Å². The van der Waals surface area contributed by atoms with E-state index < -0.39 is 0 Å². The molecule has 0 fully saturated rings. The molecule has 18 heavy (non-hydrogen) atoms. The van der Waals surface area contributed by atoms with Crippen LogP contribution in [0, 0.1) is 6.92 Å². The van der Waals surface area contributed by atoms with Crippen LogP contribution in [0.1, 0.15) is 11.3 Å².